The van der Waals surface area contributed by atoms with E-state index in [1.807, 2.05) is 0 Å². The van der Waals surface area contributed by atoms with Crippen LogP contribution in [0.4, 0.5) is 10.1 Å². The summed E-state index contributed by atoms with van der Waals surface area (Å²) in [7, 11) is 0. The number of halogens is 1. The van der Waals surface area contributed by atoms with Gasteiger partial charge in [0.05, 0.1) is 12.2 Å². The van der Waals surface area contributed by atoms with Gasteiger partial charge in [-0.3, -0.25) is 4.79 Å². The van der Waals surface area contributed by atoms with Crippen molar-refractivity contribution in [3.05, 3.63) is 71.3 Å². The number of ether oxygens (including phenoxy) is 1. The van der Waals surface area contributed by atoms with Crippen LogP contribution in [0.15, 0.2) is 59.9 Å². The lowest BCUT2D eigenvalue weighted by Crippen LogP contribution is -2.18. The topological polar surface area (TPSA) is 88.2 Å². The second kappa shape index (κ2) is 10.4. The number of ketones is 1. The predicted molar refractivity (Wildman–Crippen MR) is 109 cm³/mol. The summed E-state index contributed by atoms with van der Waals surface area (Å²) in [5.41, 5.74) is 6.86. The average Bonchev–Trinajstić information content (AvgIpc) is 2.68. The Labute approximate surface area is 162 Å². The molecule has 0 aliphatic rings. The highest BCUT2D eigenvalue weighted by atomic mass is 32.2. The van der Waals surface area contributed by atoms with Gasteiger partial charge in [-0.2, -0.15) is 11.8 Å². The zero-order valence-electron chi connectivity index (χ0n) is 15.0. The SMILES string of the molecule is CCSCCOc1cccc(C(=O)/C(C=N)=C(\N)Nc2ccc(F)cc2)c1. The number of nitrogens with one attached hydrogen (secondary N) is 2. The van der Waals surface area contributed by atoms with Crippen molar-refractivity contribution >= 4 is 29.4 Å². The van der Waals surface area contributed by atoms with Crippen molar-refractivity contribution in [1.29, 1.82) is 5.41 Å². The van der Waals surface area contributed by atoms with Crippen LogP contribution in [-0.2, 0) is 0 Å². The minimum Gasteiger partial charge on any atom is -0.493 e. The molecule has 0 aromatic heterocycles. The summed E-state index contributed by atoms with van der Waals surface area (Å²) in [5.74, 6) is 1.73. The number of Topliss-reactive ketones (excluding diaryl/α,β-unsaturated/α-hetero) is 1. The molecule has 0 radical (unpaired) electrons. The summed E-state index contributed by atoms with van der Waals surface area (Å²) in [6, 6.07) is 12.3. The molecule has 4 N–H and O–H groups in total. The Kier molecular flexibility index (Phi) is 7.88. The molecular formula is C20H22FN3O2S. The first-order valence-corrected chi connectivity index (χ1v) is 9.58. The zero-order valence-corrected chi connectivity index (χ0v) is 15.8. The van der Waals surface area contributed by atoms with Crippen molar-refractivity contribution in [2.75, 3.05) is 23.4 Å². The summed E-state index contributed by atoms with van der Waals surface area (Å²) < 4.78 is 18.6. The molecule has 0 aliphatic carbocycles. The molecule has 142 valence electrons. The number of anilines is 1. The number of thioether (sulfide) groups is 1. The lowest BCUT2D eigenvalue weighted by atomic mass is 10.0. The molecule has 0 amide bonds. The number of carbonyl (C=O) groups excluding carboxylic acids is 1. The lowest BCUT2D eigenvalue weighted by molar-refractivity contribution is 0.103. The molecule has 2 rings (SSSR count). The number of benzene rings is 2. The molecular weight excluding hydrogens is 365 g/mol. The van der Waals surface area contributed by atoms with Crippen molar-refractivity contribution < 1.29 is 13.9 Å². The van der Waals surface area contributed by atoms with Crippen LogP contribution in [0.25, 0.3) is 0 Å². The van der Waals surface area contributed by atoms with Crippen LogP contribution in [0.3, 0.4) is 0 Å². The molecule has 0 aliphatic heterocycles. The van der Waals surface area contributed by atoms with Gasteiger partial charge in [-0.1, -0.05) is 19.1 Å². The number of rotatable bonds is 10. The fourth-order valence-electron chi connectivity index (χ4n) is 2.27. The van der Waals surface area contributed by atoms with Gasteiger partial charge in [0.1, 0.15) is 17.4 Å². The second-order valence-electron chi connectivity index (χ2n) is 5.51. The fourth-order valence-corrected chi connectivity index (χ4v) is 2.76. The highest BCUT2D eigenvalue weighted by Gasteiger charge is 2.15. The first-order valence-electron chi connectivity index (χ1n) is 8.43. The minimum absolute atomic E-state index is 0.0120. The monoisotopic (exact) mass is 387 g/mol. The summed E-state index contributed by atoms with van der Waals surface area (Å²) in [5, 5.41) is 10.4. The molecule has 0 atom stereocenters. The number of hydrogen-bond acceptors (Lipinski definition) is 6. The molecule has 27 heavy (non-hydrogen) atoms. The molecule has 0 heterocycles. The van der Waals surface area contributed by atoms with E-state index in [0.717, 1.165) is 17.7 Å². The Balaban J connectivity index is 2.15. The third-order valence-electron chi connectivity index (χ3n) is 3.60. The van der Waals surface area contributed by atoms with E-state index < -0.39 is 5.78 Å². The van der Waals surface area contributed by atoms with E-state index in [0.29, 0.717) is 23.6 Å². The van der Waals surface area contributed by atoms with Crippen molar-refractivity contribution in [3.8, 4) is 5.75 Å². The van der Waals surface area contributed by atoms with Gasteiger partial charge in [0.15, 0.2) is 5.78 Å². The third-order valence-corrected chi connectivity index (χ3v) is 4.46. The van der Waals surface area contributed by atoms with Crippen LogP contribution in [0.2, 0.25) is 0 Å². The van der Waals surface area contributed by atoms with E-state index in [-0.39, 0.29) is 17.2 Å². The van der Waals surface area contributed by atoms with Gasteiger partial charge in [0.25, 0.3) is 0 Å². The second-order valence-corrected chi connectivity index (χ2v) is 6.90. The molecule has 0 bridgehead atoms. The largest absolute Gasteiger partial charge is 0.493 e. The molecule has 0 unspecified atom stereocenters. The normalized spacial score (nSPS) is 11.5. The van der Waals surface area contributed by atoms with Gasteiger partial charge in [0.2, 0.25) is 0 Å². The Morgan fingerprint density at radius 1 is 1.30 bits per heavy atom. The molecule has 2 aromatic carbocycles. The van der Waals surface area contributed by atoms with Crippen LogP contribution in [0, 0.1) is 11.2 Å². The van der Waals surface area contributed by atoms with E-state index in [1.165, 1.54) is 24.3 Å². The van der Waals surface area contributed by atoms with Gasteiger partial charge >= 0.3 is 0 Å². The highest BCUT2D eigenvalue weighted by molar-refractivity contribution is 7.99. The summed E-state index contributed by atoms with van der Waals surface area (Å²) >= 11 is 1.77. The van der Waals surface area contributed by atoms with Gasteiger partial charge in [-0.15, -0.1) is 0 Å². The minimum atomic E-state index is -0.398. The van der Waals surface area contributed by atoms with Gasteiger partial charge < -0.3 is 21.2 Å². The molecule has 0 saturated heterocycles. The predicted octanol–water partition coefficient (Wildman–Crippen LogP) is 4.07. The molecule has 0 fully saturated rings. The van der Waals surface area contributed by atoms with Crippen LogP contribution < -0.4 is 15.8 Å². The van der Waals surface area contributed by atoms with E-state index in [1.54, 1.807) is 36.0 Å². The number of hydrogen-bond donors (Lipinski definition) is 3. The van der Waals surface area contributed by atoms with Crippen LogP contribution in [0.1, 0.15) is 17.3 Å². The molecule has 2 aromatic rings. The molecule has 5 nitrogen and oxygen atoms in total. The Morgan fingerprint density at radius 2 is 2.04 bits per heavy atom. The fraction of sp³-hybridized carbons (Fsp3) is 0.200. The maximum Gasteiger partial charge on any atom is 0.198 e. The van der Waals surface area contributed by atoms with Crippen LogP contribution in [-0.4, -0.2) is 30.1 Å². The Morgan fingerprint density at radius 3 is 2.70 bits per heavy atom. The lowest BCUT2D eigenvalue weighted by Gasteiger charge is -2.11. The van der Waals surface area contributed by atoms with Gasteiger partial charge in [-0.25, -0.2) is 4.39 Å². The third kappa shape index (κ3) is 6.14. The maximum absolute atomic E-state index is 13.0. The smallest absolute Gasteiger partial charge is 0.198 e. The summed E-state index contributed by atoms with van der Waals surface area (Å²) in [4.78, 5) is 12.7. The van der Waals surface area contributed by atoms with Crippen molar-refractivity contribution in [2.24, 2.45) is 5.73 Å². The Hall–Kier alpha value is -2.80. The number of nitrogens with two attached hydrogens (primary N) is 1. The summed E-state index contributed by atoms with van der Waals surface area (Å²) in [6.07, 6.45) is 0.902. The standard InChI is InChI=1S/C20H22FN3O2S/c1-2-27-11-10-26-17-5-3-4-14(12-17)19(25)18(13-22)20(23)24-16-8-6-15(21)7-9-16/h3-9,12-13,22,24H,2,10-11,23H2,1H3/b20-18+,22-13?. The van der Waals surface area contributed by atoms with E-state index in [4.69, 9.17) is 15.9 Å². The van der Waals surface area contributed by atoms with Crippen molar-refractivity contribution in [2.45, 2.75) is 6.92 Å². The number of allylic oxidation sites excluding steroid dienone is 1. The molecule has 0 saturated carbocycles. The van der Waals surface area contributed by atoms with Crippen LogP contribution in [0.5, 0.6) is 5.75 Å². The van der Waals surface area contributed by atoms with E-state index in [2.05, 4.69) is 12.2 Å². The van der Waals surface area contributed by atoms with Crippen molar-refractivity contribution in [3.63, 3.8) is 0 Å². The van der Waals surface area contributed by atoms with Gasteiger partial charge in [0, 0.05) is 23.2 Å². The molecule has 7 heteroatoms. The summed E-state index contributed by atoms with van der Waals surface area (Å²) in [6.45, 7) is 2.64. The maximum atomic E-state index is 13.0. The zero-order chi connectivity index (χ0) is 19.6. The highest BCUT2D eigenvalue weighted by Crippen LogP contribution is 2.18. The van der Waals surface area contributed by atoms with E-state index >= 15 is 0 Å². The van der Waals surface area contributed by atoms with Crippen LogP contribution >= 0.6 is 11.8 Å². The van der Waals surface area contributed by atoms with Gasteiger partial charge in [-0.05, 0) is 42.2 Å². The Bertz CT molecular complexity index is 822. The van der Waals surface area contributed by atoms with Crippen molar-refractivity contribution in [1.82, 2.24) is 0 Å². The average molecular weight is 387 g/mol. The molecule has 0 spiro atoms. The van der Waals surface area contributed by atoms with E-state index in [9.17, 15) is 9.18 Å². The first-order chi connectivity index (χ1) is 13.0. The first kappa shape index (κ1) is 20.5. The quantitative estimate of drug-likeness (QED) is 0.247. The number of carbonyl (C=O) groups is 1.